The normalized spacial score (nSPS) is 16.1. The molecule has 108 valence electrons. The van der Waals surface area contributed by atoms with Gasteiger partial charge in [-0.05, 0) is 45.2 Å². The summed E-state index contributed by atoms with van der Waals surface area (Å²) in [5.41, 5.74) is 2.40. The smallest absolute Gasteiger partial charge is 0.339 e. The maximum atomic E-state index is 12.2. The first kappa shape index (κ1) is 14.6. The standard InChI is InChI=1S/C16H21NO3/c1-11-6-7-12(2)14(10-11)16(19)20-13(3)15(18)17-8-4-5-9-17/h6-7,10,13H,4-5,8-9H2,1-3H3. The fourth-order valence-electron chi connectivity index (χ4n) is 2.42. The van der Waals surface area contributed by atoms with E-state index >= 15 is 0 Å². The van der Waals surface area contributed by atoms with Crippen molar-refractivity contribution in [1.82, 2.24) is 4.90 Å². The van der Waals surface area contributed by atoms with Crippen LogP contribution in [0.2, 0.25) is 0 Å². The molecule has 0 aromatic heterocycles. The van der Waals surface area contributed by atoms with Gasteiger partial charge >= 0.3 is 5.97 Å². The van der Waals surface area contributed by atoms with Gasteiger partial charge in [-0.2, -0.15) is 0 Å². The van der Waals surface area contributed by atoms with Crippen LogP contribution in [-0.2, 0) is 9.53 Å². The zero-order valence-corrected chi connectivity index (χ0v) is 12.3. The topological polar surface area (TPSA) is 46.6 Å². The molecule has 1 fully saturated rings. The van der Waals surface area contributed by atoms with Gasteiger partial charge in [0.15, 0.2) is 6.10 Å². The number of amides is 1. The number of ether oxygens (including phenoxy) is 1. The Morgan fingerprint density at radius 2 is 1.85 bits per heavy atom. The van der Waals surface area contributed by atoms with Gasteiger partial charge in [0, 0.05) is 13.1 Å². The first-order valence-electron chi connectivity index (χ1n) is 7.06. The molecule has 4 heteroatoms. The summed E-state index contributed by atoms with van der Waals surface area (Å²) in [5, 5.41) is 0. The summed E-state index contributed by atoms with van der Waals surface area (Å²) in [7, 11) is 0. The van der Waals surface area contributed by atoms with E-state index in [9.17, 15) is 9.59 Å². The average Bonchev–Trinajstić information content (AvgIpc) is 2.94. The number of rotatable bonds is 3. The third kappa shape index (κ3) is 3.18. The Morgan fingerprint density at radius 3 is 2.50 bits per heavy atom. The van der Waals surface area contributed by atoms with Gasteiger partial charge < -0.3 is 9.64 Å². The van der Waals surface area contributed by atoms with Gasteiger partial charge in [0.2, 0.25) is 0 Å². The van der Waals surface area contributed by atoms with Crippen LogP contribution in [-0.4, -0.2) is 36.0 Å². The van der Waals surface area contributed by atoms with Crippen molar-refractivity contribution >= 4 is 11.9 Å². The van der Waals surface area contributed by atoms with Crippen LogP contribution in [0.25, 0.3) is 0 Å². The number of carbonyl (C=O) groups excluding carboxylic acids is 2. The van der Waals surface area contributed by atoms with Crippen molar-refractivity contribution in [3.63, 3.8) is 0 Å². The molecule has 0 saturated carbocycles. The van der Waals surface area contributed by atoms with Crippen LogP contribution in [0.3, 0.4) is 0 Å². The maximum Gasteiger partial charge on any atom is 0.339 e. The molecule has 0 N–H and O–H groups in total. The molecule has 0 bridgehead atoms. The minimum Gasteiger partial charge on any atom is -0.449 e. The molecule has 2 rings (SSSR count). The zero-order chi connectivity index (χ0) is 14.7. The number of hydrogen-bond donors (Lipinski definition) is 0. The van der Waals surface area contributed by atoms with E-state index in [4.69, 9.17) is 4.74 Å². The number of nitrogens with zero attached hydrogens (tertiary/aromatic N) is 1. The Bertz CT molecular complexity index is 518. The van der Waals surface area contributed by atoms with Gasteiger partial charge in [0.05, 0.1) is 5.56 Å². The van der Waals surface area contributed by atoms with Crippen molar-refractivity contribution in [2.24, 2.45) is 0 Å². The fourth-order valence-corrected chi connectivity index (χ4v) is 2.42. The lowest BCUT2D eigenvalue weighted by molar-refractivity contribution is -0.138. The summed E-state index contributed by atoms with van der Waals surface area (Å²) < 4.78 is 5.32. The summed E-state index contributed by atoms with van der Waals surface area (Å²) in [6.07, 6.45) is 1.34. The van der Waals surface area contributed by atoms with E-state index in [1.807, 2.05) is 26.0 Å². The van der Waals surface area contributed by atoms with Crippen molar-refractivity contribution in [1.29, 1.82) is 0 Å². The maximum absolute atomic E-state index is 12.2. The average molecular weight is 275 g/mol. The van der Waals surface area contributed by atoms with Gasteiger partial charge in [-0.1, -0.05) is 17.7 Å². The molecule has 0 radical (unpaired) electrons. The highest BCUT2D eigenvalue weighted by Gasteiger charge is 2.26. The quantitative estimate of drug-likeness (QED) is 0.796. The molecular weight excluding hydrogens is 254 g/mol. The number of aryl methyl sites for hydroxylation is 2. The SMILES string of the molecule is Cc1ccc(C)c(C(=O)OC(C)C(=O)N2CCCC2)c1. The van der Waals surface area contributed by atoms with Crippen LogP contribution >= 0.6 is 0 Å². The molecular formula is C16H21NO3. The predicted molar refractivity (Wildman–Crippen MR) is 76.6 cm³/mol. The van der Waals surface area contributed by atoms with Gasteiger partial charge in [-0.25, -0.2) is 4.79 Å². The summed E-state index contributed by atoms with van der Waals surface area (Å²) in [4.78, 5) is 26.0. The van der Waals surface area contributed by atoms with Crippen LogP contribution in [0.15, 0.2) is 18.2 Å². The van der Waals surface area contributed by atoms with E-state index in [1.165, 1.54) is 0 Å². The molecule has 20 heavy (non-hydrogen) atoms. The van der Waals surface area contributed by atoms with E-state index in [0.29, 0.717) is 5.56 Å². The Labute approximate surface area is 119 Å². The van der Waals surface area contributed by atoms with Crippen molar-refractivity contribution < 1.29 is 14.3 Å². The first-order chi connectivity index (χ1) is 9.49. The molecule has 1 saturated heterocycles. The first-order valence-corrected chi connectivity index (χ1v) is 7.06. The summed E-state index contributed by atoms with van der Waals surface area (Å²) in [6, 6.07) is 5.63. The Balaban J connectivity index is 2.03. The van der Waals surface area contributed by atoms with Gasteiger partial charge in [0.25, 0.3) is 5.91 Å². The lowest BCUT2D eigenvalue weighted by Gasteiger charge is -2.20. The number of benzene rings is 1. The Kier molecular flexibility index (Phi) is 4.42. The zero-order valence-electron chi connectivity index (χ0n) is 12.3. The number of esters is 1. The second-order valence-corrected chi connectivity index (χ2v) is 5.40. The molecule has 1 atom stereocenters. The third-order valence-corrected chi connectivity index (χ3v) is 3.66. The molecule has 0 spiro atoms. The van der Waals surface area contributed by atoms with Crippen molar-refractivity contribution in [3.8, 4) is 0 Å². The molecule has 1 aromatic carbocycles. The minimum absolute atomic E-state index is 0.0962. The Hall–Kier alpha value is -1.84. The van der Waals surface area contributed by atoms with E-state index in [-0.39, 0.29) is 5.91 Å². The summed E-state index contributed by atoms with van der Waals surface area (Å²) >= 11 is 0. The minimum atomic E-state index is -0.722. The molecule has 4 nitrogen and oxygen atoms in total. The van der Waals surface area contributed by atoms with Crippen molar-refractivity contribution in [2.75, 3.05) is 13.1 Å². The largest absolute Gasteiger partial charge is 0.449 e. The van der Waals surface area contributed by atoms with Crippen molar-refractivity contribution in [3.05, 3.63) is 34.9 Å². The van der Waals surface area contributed by atoms with Crippen LogP contribution in [0.4, 0.5) is 0 Å². The monoisotopic (exact) mass is 275 g/mol. The lowest BCUT2D eigenvalue weighted by Crippen LogP contribution is -2.38. The van der Waals surface area contributed by atoms with Gasteiger partial charge in [-0.3, -0.25) is 4.79 Å². The van der Waals surface area contributed by atoms with Gasteiger partial charge in [0.1, 0.15) is 0 Å². The molecule has 1 unspecified atom stereocenters. The second-order valence-electron chi connectivity index (χ2n) is 5.40. The molecule has 1 aromatic rings. The summed E-state index contributed by atoms with van der Waals surface area (Å²) in [6.45, 7) is 6.97. The van der Waals surface area contributed by atoms with Crippen LogP contribution in [0.5, 0.6) is 0 Å². The van der Waals surface area contributed by atoms with Crippen molar-refractivity contribution in [2.45, 2.75) is 39.7 Å². The van der Waals surface area contributed by atoms with E-state index in [2.05, 4.69) is 0 Å². The highest BCUT2D eigenvalue weighted by molar-refractivity contribution is 5.93. The fraction of sp³-hybridized carbons (Fsp3) is 0.500. The Morgan fingerprint density at radius 1 is 1.20 bits per heavy atom. The predicted octanol–water partition coefficient (Wildman–Crippen LogP) is 2.47. The number of carbonyl (C=O) groups is 2. The second kappa shape index (κ2) is 6.07. The van der Waals surface area contributed by atoms with E-state index in [1.54, 1.807) is 17.9 Å². The summed E-state index contributed by atoms with van der Waals surface area (Å²) in [5.74, 6) is -0.521. The third-order valence-electron chi connectivity index (χ3n) is 3.66. The van der Waals surface area contributed by atoms with E-state index < -0.39 is 12.1 Å². The molecule has 1 aliphatic heterocycles. The highest BCUT2D eigenvalue weighted by atomic mass is 16.5. The molecule has 1 heterocycles. The molecule has 1 aliphatic rings. The number of hydrogen-bond acceptors (Lipinski definition) is 3. The van der Waals surface area contributed by atoms with Crippen LogP contribution in [0.1, 0.15) is 41.3 Å². The lowest BCUT2D eigenvalue weighted by atomic mass is 10.1. The number of likely N-dealkylation sites (tertiary alicyclic amines) is 1. The van der Waals surface area contributed by atoms with Crippen LogP contribution < -0.4 is 0 Å². The van der Waals surface area contributed by atoms with Gasteiger partial charge in [-0.15, -0.1) is 0 Å². The highest BCUT2D eigenvalue weighted by Crippen LogP contribution is 2.15. The van der Waals surface area contributed by atoms with E-state index in [0.717, 1.165) is 37.1 Å². The molecule has 0 aliphatic carbocycles. The molecule has 1 amide bonds. The van der Waals surface area contributed by atoms with Crippen LogP contribution in [0, 0.1) is 13.8 Å².